The Morgan fingerprint density at radius 3 is 2.39 bits per heavy atom. The van der Waals surface area contributed by atoms with E-state index in [4.69, 9.17) is 0 Å². The van der Waals surface area contributed by atoms with Crippen LogP contribution in [0, 0.1) is 0 Å². The van der Waals surface area contributed by atoms with Crippen molar-refractivity contribution in [2.75, 3.05) is 13.6 Å². The van der Waals surface area contributed by atoms with Gasteiger partial charge in [0.15, 0.2) is 0 Å². The van der Waals surface area contributed by atoms with Gasteiger partial charge in [0.1, 0.15) is 5.75 Å². The van der Waals surface area contributed by atoms with Crippen molar-refractivity contribution in [2.24, 2.45) is 0 Å². The zero-order chi connectivity index (χ0) is 16.8. The van der Waals surface area contributed by atoms with Gasteiger partial charge in [0.25, 0.3) is 5.91 Å². The standard InChI is InChI=1S/C19H23NO3/c1-14(21)13-20(2)19(23)17-12-16(10-11-18(17)22)9-8-15-6-4-3-5-7-15/h3-7,10-12,14,21-22H,8-9,13H2,1-2H3. The van der Waals surface area contributed by atoms with Crippen molar-refractivity contribution in [3.63, 3.8) is 0 Å². The summed E-state index contributed by atoms with van der Waals surface area (Å²) < 4.78 is 0. The van der Waals surface area contributed by atoms with Gasteiger partial charge < -0.3 is 15.1 Å². The molecule has 2 aromatic rings. The fraction of sp³-hybridized carbons (Fsp3) is 0.316. The van der Waals surface area contributed by atoms with Crippen molar-refractivity contribution < 1.29 is 15.0 Å². The predicted molar refractivity (Wildman–Crippen MR) is 90.6 cm³/mol. The molecule has 23 heavy (non-hydrogen) atoms. The van der Waals surface area contributed by atoms with Crippen LogP contribution in [0.4, 0.5) is 0 Å². The molecule has 0 heterocycles. The Morgan fingerprint density at radius 1 is 1.09 bits per heavy atom. The number of hydrogen-bond donors (Lipinski definition) is 2. The summed E-state index contributed by atoms with van der Waals surface area (Å²) in [5, 5.41) is 19.4. The fourth-order valence-corrected chi connectivity index (χ4v) is 2.53. The lowest BCUT2D eigenvalue weighted by atomic mass is 10.0. The number of aliphatic hydroxyl groups excluding tert-OH is 1. The number of carbonyl (C=O) groups is 1. The van der Waals surface area contributed by atoms with Crippen molar-refractivity contribution in [2.45, 2.75) is 25.9 Å². The molecule has 122 valence electrons. The number of hydrogen-bond acceptors (Lipinski definition) is 3. The minimum Gasteiger partial charge on any atom is -0.507 e. The van der Waals surface area contributed by atoms with Crippen LogP contribution in [0.5, 0.6) is 5.75 Å². The third-order valence-electron chi connectivity index (χ3n) is 3.72. The molecule has 0 aliphatic carbocycles. The normalized spacial score (nSPS) is 12.0. The molecule has 2 aromatic carbocycles. The van der Waals surface area contributed by atoms with Crippen LogP contribution in [0.25, 0.3) is 0 Å². The predicted octanol–water partition coefficient (Wildman–Crippen LogP) is 2.63. The summed E-state index contributed by atoms with van der Waals surface area (Å²) in [4.78, 5) is 13.8. The number of aromatic hydroxyl groups is 1. The van der Waals surface area contributed by atoms with E-state index in [1.807, 2.05) is 24.3 Å². The van der Waals surface area contributed by atoms with Crippen molar-refractivity contribution in [3.05, 3.63) is 65.2 Å². The summed E-state index contributed by atoms with van der Waals surface area (Å²) in [5.41, 5.74) is 2.51. The molecule has 0 radical (unpaired) electrons. The molecular formula is C19H23NO3. The molecule has 4 nitrogen and oxygen atoms in total. The van der Waals surface area contributed by atoms with Crippen molar-refractivity contribution in [1.29, 1.82) is 0 Å². The second kappa shape index (κ2) is 7.79. The van der Waals surface area contributed by atoms with Gasteiger partial charge in [-0.1, -0.05) is 36.4 Å². The SMILES string of the molecule is CC(O)CN(C)C(=O)c1cc(CCc2ccccc2)ccc1O. The van der Waals surface area contributed by atoms with Gasteiger partial charge in [0.2, 0.25) is 0 Å². The highest BCUT2D eigenvalue weighted by Gasteiger charge is 2.17. The van der Waals surface area contributed by atoms with Crippen LogP contribution in [0.3, 0.4) is 0 Å². The molecule has 1 amide bonds. The highest BCUT2D eigenvalue weighted by atomic mass is 16.3. The number of benzene rings is 2. The molecule has 2 rings (SSSR count). The quantitative estimate of drug-likeness (QED) is 0.862. The third kappa shape index (κ3) is 4.83. The number of phenolic OH excluding ortho intramolecular Hbond substituents is 1. The van der Waals surface area contributed by atoms with E-state index in [-0.39, 0.29) is 23.8 Å². The van der Waals surface area contributed by atoms with Crippen LogP contribution in [-0.2, 0) is 12.8 Å². The smallest absolute Gasteiger partial charge is 0.257 e. The number of nitrogens with zero attached hydrogens (tertiary/aromatic N) is 1. The van der Waals surface area contributed by atoms with E-state index < -0.39 is 6.10 Å². The molecule has 0 aliphatic rings. The van der Waals surface area contributed by atoms with Gasteiger partial charge in [-0.15, -0.1) is 0 Å². The molecule has 2 N–H and O–H groups in total. The maximum absolute atomic E-state index is 12.4. The Hall–Kier alpha value is -2.33. The lowest BCUT2D eigenvalue weighted by Gasteiger charge is -2.19. The molecule has 1 atom stereocenters. The van der Waals surface area contributed by atoms with Gasteiger partial charge in [-0.3, -0.25) is 4.79 Å². The molecular weight excluding hydrogens is 290 g/mol. The topological polar surface area (TPSA) is 60.8 Å². The Balaban J connectivity index is 2.10. The summed E-state index contributed by atoms with van der Waals surface area (Å²) in [6.07, 6.45) is 1.07. The number of aliphatic hydroxyl groups is 1. The van der Waals surface area contributed by atoms with Crippen molar-refractivity contribution >= 4 is 5.91 Å². The third-order valence-corrected chi connectivity index (χ3v) is 3.72. The average molecular weight is 313 g/mol. The molecule has 0 fully saturated rings. The monoisotopic (exact) mass is 313 g/mol. The minimum atomic E-state index is -0.604. The Bertz CT molecular complexity index is 653. The van der Waals surface area contributed by atoms with E-state index in [0.717, 1.165) is 18.4 Å². The summed E-state index contributed by atoms with van der Waals surface area (Å²) in [7, 11) is 1.62. The first-order valence-electron chi connectivity index (χ1n) is 7.76. The molecule has 0 bridgehead atoms. The lowest BCUT2D eigenvalue weighted by Crippen LogP contribution is -2.33. The van der Waals surface area contributed by atoms with E-state index in [1.54, 1.807) is 26.1 Å². The van der Waals surface area contributed by atoms with Gasteiger partial charge in [0.05, 0.1) is 11.7 Å². The lowest BCUT2D eigenvalue weighted by molar-refractivity contribution is 0.0700. The van der Waals surface area contributed by atoms with Crippen LogP contribution < -0.4 is 0 Å². The molecule has 0 saturated heterocycles. The first-order valence-corrected chi connectivity index (χ1v) is 7.76. The minimum absolute atomic E-state index is 0.0316. The number of phenols is 1. The maximum atomic E-state index is 12.4. The number of carbonyl (C=O) groups excluding carboxylic acids is 1. The molecule has 0 saturated carbocycles. The van der Waals surface area contributed by atoms with Gasteiger partial charge in [-0.2, -0.15) is 0 Å². The van der Waals surface area contributed by atoms with Crippen LogP contribution in [0.15, 0.2) is 48.5 Å². The van der Waals surface area contributed by atoms with Gasteiger partial charge in [0, 0.05) is 13.6 Å². The zero-order valence-corrected chi connectivity index (χ0v) is 13.6. The van der Waals surface area contributed by atoms with Crippen LogP contribution >= 0.6 is 0 Å². The second-order valence-corrected chi connectivity index (χ2v) is 5.87. The molecule has 0 aromatic heterocycles. The van der Waals surface area contributed by atoms with Gasteiger partial charge >= 0.3 is 0 Å². The van der Waals surface area contributed by atoms with E-state index in [1.165, 1.54) is 10.5 Å². The highest BCUT2D eigenvalue weighted by molar-refractivity contribution is 5.96. The Labute approximate surface area is 137 Å². The summed E-state index contributed by atoms with van der Waals surface area (Å²) >= 11 is 0. The van der Waals surface area contributed by atoms with Crippen LogP contribution in [-0.4, -0.2) is 40.7 Å². The summed E-state index contributed by atoms with van der Waals surface area (Å²) in [5.74, 6) is -0.319. The van der Waals surface area contributed by atoms with E-state index in [0.29, 0.717) is 0 Å². The van der Waals surface area contributed by atoms with Crippen LogP contribution in [0.2, 0.25) is 0 Å². The number of amides is 1. The summed E-state index contributed by atoms with van der Waals surface area (Å²) in [6, 6.07) is 15.3. The number of likely N-dealkylation sites (N-methyl/N-ethyl adjacent to an activating group) is 1. The fourth-order valence-electron chi connectivity index (χ4n) is 2.53. The molecule has 0 spiro atoms. The average Bonchev–Trinajstić information content (AvgIpc) is 2.53. The van der Waals surface area contributed by atoms with E-state index in [2.05, 4.69) is 12.1 Å². The van der Waals surface area contributed by atoms with Gasteiger partial charge in [-0.05, 0) is 43.0 Å². The first kappa shape index (κ1) is 17.0. The Kier molecular flexibility index (Phi) is 5.77. The van der Waals surface area contributed by atoms with Crippen molar-refractivity contribution in [3.8, 4) is 5.75 Å². The molecule has 0 aliphatic heterocycles. The number of aryl methyl sites for hydroxylation is 2. The highest BCUT2D eigenvalue weighted by Crippen LogP contribution is 2.21. The Morgan fingerprint density at radius 2 is 1.74 bits per heavy atom. The van der Waals surface area contributed by atoms with Crippen LogP contribution in [0.1, 0.15) is 28.4 Å². The van der Waals surface area contributed by atoms with Gasteiger partial charge in [-0.25, -0.2) is 0 Å². The number of rotatable bonds is 6. The van der Waals surface area contributed by atoms with E-state index in [9.17, 15) is 15.0 Å². The van der Waals surface area contributed by atoms with E-state index >= 15 is 0 Å². The molecule has 1 unspecified atom stereocenters. The van der Waals surface area contributed by atoms with Crippen molar-refractivity contribution in [1.82, 2.24) is 4.90 Å². The second-order valence-electron chi connectivity index (χ2n) is 5.87. The largest absolute Gasteiger partial charge is 0.507 e. The maximum Gasteiger partial charge on any atom is 0.257 e. The summed E-state index contributed by atoms with van der Waals surface area (Å²) in [6.45, 7) is 1.85. The zero-order valence-electron chi connectivity index (χ0n) is 13.6. The molecule has 4 heteroatoms. The first-order chi connectivity index (χ1) is 11.0.